The SMILES string of the molecule is CC(=O)CCN1C(=O)C=CC1=O.O=C(CCCCCOC(=O)C1CCC(CN2C(=O)C=CC2=O)CC1)ON1C(=O)CCC1=O.O=C(CCN1C(=O)C=CC1=O)NCCCCCC(=O)ON1C(=O)CCC1=O.O=C(ON1C(=O)CCC1=O)C1CCC(CN2C(=O)C=CC2=O)CC1. The molecule has 0 spiro atoms. The van der Waals surface area contributed by atoms with Crippen molar-refractivity contribution in [3.63, 3.8) is 0 Å². The number of ether oxygens (including phenoxy) is 1. The fourth-order valence-corrected chi connectivity index (χ4v) is 10.8. The number of hydrogen-bond acceptors (Lipinski definition) is 24. The third-order valence-electron chi connectivity index (χ3n) is 16.3. The topological polar surface area (TPSA) is 413 Å². The largest absolute Gasteiger partial charge is 0.465 e. The number of hydroxylamine groups is 6. The number of nitrogens with zero attached hydrogens (tertiary/aromatic N) is 7. The van der Waals surface area contributed by atoms with E-state index < -0.39 is 65.2 Å². The zero-order valence-corrected chi connectivity index (χ0v) is 52.6. The van der Waals surface area contributed by atoms with Gasteiger partial charge in [0.15, 0.2) is 0 Å². The molecule has 9 aliphatic rings. The zero-order chi connectivity index (χ0) is 69.3. The normalized spacial score (nSPS) is 21.4. The van der Waals surface area contributed by atoms with E-state index in [0.717, 1.165) is 22.6 Å². The van der Waals surface area contributed by atoms with E-state index in [9.17, 15) is 95.9 Å². The van der Waals surface area contributed by atoms with Gasteiger partial charge >= 0.3 is 23.9 Å². The molecule has 2 aliphatic carbocycles. The highest BCUT2D eigenvalue weighted by Gasteiger charge is 2.39. The highest BCUT2D eigenvalue weighted by Crippen LogP contribution is 2.33. The van der Waals surface area contributed by atoms with Crippen LogP contribution < -0.4 is 5.32 Å². The van der Waals surface area contributed by atoms with Crippen molar-refractivity contribution in [3.05, 3.63) is 48.6 Å². The van der Waals surface area contributed by atoms with Crippen LogP contribution >= 0.6 is 0 Å². The lowest BCUT2D eigenvalue weighted by Crippen LogP contribution is -2.38. The van der Waals surface area contributed by atoms with E-state index in [1.54, 1.807) is 0 Å². The highest BCUT2D eigenvalue weighted by molar-refractivity contribution is 6.15. The molecule has 0 aromatic heterocycles. The molecular formula is C63H76N8O24. The first kappa shape index (κ1) is 74.0. The molecular weight excluding hydrogens is 1250 g/mol. The third-order valence-corrected chi connectivity index (χ3v) is 16.3. The molecule has 7 aliphatic heterocycles. The van der Waals surface area contributed by atoms with Crippen LogP contribution in [0.5, 0.6) is 0 Å². The molecule has 512 valence electrons. The van der Waals surface area contributed by atoms with Crippen molar-refractivity contribution in [1.29, 1.82) is 0 Å². The smallest absolute Gasteiger partial charge is 0.336 e. The number of rotatable bonds is 27. The Labute approximate surface area is 544 Å². The van der Waals surface area contributed by atoms with Gasteiger partial charge in [-0.1, -0.05) is 6.42 Å². The minimum absolute atomic E-state index is 0.0255. The summed E-state index contributed by atoms with van der Waals surface area (Å²) in [4.78, 5) is 248. The molecule has 0 bridgehead atoms. The number of carbonyl (C=O) groups is 20. The predicted molar refractivity (Wildman–Crippen MR) is 317 cm³/mol. The van der Waals surface area contributed by atoms with E-state index in [2.05, 4.69) is 5.32 Å². The number of nitrogens with one attached hydrogen (secondary N) is 1. The van der Waals surface area contributed by atoms with E-state index in [1.807, 2.05) is 0 Å². The lowest BCUT2D eigenvalue weighted by Gasteiger charge is -2.29. The summed E-state index contributed by atoms with van der Waals surface area (Å²) in [5.74, 6) is -8.19. The van der Waals surface area contributed by atoms with Gasteiger partial charge in [-0.05, 0) is 102 Å². The van der Waals surface area contributed by atoms with Crippen molar-refractivity contribution >= 4 is 118 Å². The van der Waals surface area contributed by atoms with Crippen LogP contribution in [0.25, 0.3) is 0 Å². The quantitative estimate of drug-likeness (QED) is 0.0686. The first-order chi connectivity index (χ1) is 45.3. The second-order valence-electron chi connectivity index (χ2n) is 23.4. The third kappa shape index (κ3) is 22.9. The summed E-state index contributed by atoms with van der Waals surface area (Å²) in [6.07, 6.45) is 19.5. The monoisotopic (exact) mass is 1330 g/mol. The van der Waals surface area contributed by atoms with E-state index in [-0.39, 0.29) is 161 Å². The van der Waals surface area contributed by atoms with Crippen LogP contribution in [0.3, 0.4) is 0 Å². The van der Waals surface area contributed by atoms with E-state index in [1.165, 1.54) is 65.3 Å². The van der Waals surface area contributed by atoms with Crippen LogP contribution in [-0.2, 0) is 115 Å². The van der Waals surface area contributed by atoms with Gasteiger partial charge in [0.1, 0.15) is 5.78 Å². The number of imide groups is 7. The molecule has 32 nitrogen and oxygen atoms in total. The van der Waals surface area contributed by atoms with Gasteiger partial charge in [0, 0.05) is 146 Å². The van der Waals surface area contributed by atoms with Gasteiger partial charge in [-0.25, -0.2) is 14.4 Å². The van der Waals surface area contributed by atoms with E-state index in [4.69, 9.17) is 19.2 Å². The molecule has 15 amide bonds. The van der Waals surface area contributed by atoms with Crippen molar-refractivity contribution in [2.24, 2.45) is 23.7 Å². The summed E-state index contributed by atoms with van der Waals surface area (Å²) in [5, 5.41) is 4.30. The number of hydrogen-bond donors (Lipinski definition) is 1. The van der Waals surface area contributed by atoms with Gasteiger partial charge < -0.3 is 24.6 Å². The molecule has 9 rings (SSSR count). The van der Waals surface area contributed by atoms with E-state index in [0.29, 0.717) is 112 Å². The number of esters is 1. The van der Waals surface area contributed by atoms with Gasteiger partial charge in [0.2, 0.25) is 5.91 Å². The van der Waals surface area contributed by atoms with Crippen LogP contribution in [0.15, 0.2) is 48.6 Å². The van der Waals surface area contributed by atoms with Crippen molar-refractivity contribution in [1.82, 2.24) is 40.1 Å². The average molecular weight is 1330 g/mol. The highest BCUT2D eigenvalue weighted by atomic mass is 16.7. The maximum Gasteiger partial charge on any atom is 0.336 e. The number of ketones is 1. The average Bonchev–Trinajstić information content (AvgIpc) is 1.92. The summed E-state index contributed by atoms with van der Waals surface area (Å²) in [6.45, 7) is 3.08. The van der Waals surface area contributed by atoms with Crippen LogP contribution in [0.1, 0.15) is 161 Å². The Morgan fingerprint density at radius 2 is 0.705 bits per heavy atom. The van der Waals surface area contributed by atoms with Gasteiger partial charge in [-0.15, -0.1) is 15.2 Å². The fraction of sp³-hybridized carbons (Fsp3) is 0.556. The molecule has 1 N–H and O–H groups in total. The number of carbonyl (C=O) groups excluding carboxylic acids is 20. The Balaban J connectivity index is 0.000000209. The first-order valence-corrected chi connectivity index (χ1v) is 31.6. The molecule has 0 aromatic carbocycles. The van der Waals surface area contributed by atoms with E-state index >= 15 is 0 Å². The molecule has 32 heteroatoms. The minimum atomic E-state index is -0.642. The zero-order valence-electron chi connectivity index (χ0n) is 52.6. The lowest BCUT2D eigenvalue weighted by molar-refractivity contribution is -0.201. The van der Waals surface area contributed by atoms with Crippen molar-refractivity contribution in [2.45, 2.75) is 161 Å². The summed E-state index contributed by atoms with van der Waals surface area (Å²) in [6, 6.07) is 0. The molecule has 5 fully saturated rings. The Morgan fingerprint density at radius 1 is 0.379 bits per heavy atom. The second-order valence-corrected chi connectivity index (χ2v) is 23.4. The van der Waals surface area contributed by atoms with Crippen molar-refractivity contribution in [3.8, 4) is 0 Å². The van der Waals surface area contributed by atoms with Gasteiger partial charge in [0.05, 0.1) is 18.4 Å². The molecule has 2 saturated carbocycles. The fourth-order valence-electron chi connectivity index (χ4n) is 10.8. The minimum Gasteiger partial charge on any atom is -0.465 e. The van der Waals surface area contributed by atoms with Crippen LogP contribution in [0.2, 0.25) is 0 Å². The molecule has 0 aromatic rings. The molecule has 95 heavy (non-hydrogen) atoms. The molecule has 0 unspecified atom stereocenters. The van der Waals surface area contributed by atoms with Crippen LogP contribution in [0, 0.1) is 23.7 Å². The molecule has 3 saturated heterocycles. The van der Waals surface area contributed by atoms with Gasteiger partial charge in [0.25, 0.3) is 82.7 Å². The Kier molecular flexibility index (Phi) is 28.4. The summed E-state index contributed by atoms with van der Waals surface area (Å²) < 4.78 is 5.35. The van der Waals surface area contributed by atoms with Crippen LogP contribution in [0.4, 0.5) is 0 Å². The van der Waals surface area contributed by atoms with Gasteiger partial charge in [-0.2, -0.15) is 0 Å². The number of Topliss-reactive ketones (excluding diaryl/α,β-unsaturated/α-hetero) is 1. The maximum absolute atomic E-state index is 12.3. The Bertz CT molecular complexity index is 3080. The summed E-state index contributed by atoms with van der Waals surface area (Å²) in [5.41, 5.74) is 0. The molecule has 0 radical (unpaired) electrons. The molecule has 7 heterocycles. The Hall–Kier alpha value is -10.0. The van der Waals surface area contributed by atoms with Crippen LogP contribution in [-0.4, -0.2) is 192 Å². The lowest BCUT2D eigenvalue weighted by atomic mass is 9.82. The molecule has 0 atom stereocenters. The summed E-state index contributed by atoms with van der Waals surface area (Å²) >= 11 is 0. The number of amides is 15. The number of unbranched alkanes of at least 4 members (excludes halogenated alkanes) is 4. The second kappa shape index (κ2) is 36.4. The van der Waals surface area contributed by atoms with Crippen molar-refractivity contribution in [2.75, 3.05) is 39.3 Å². The summed E-state index contributed by atoms with van der Waals surface area (Å²) in [7, 11) is 0. The predicted octanol–water partition coefficient (Wildman–Crippen LogP) is 1.23. The standard InChI is InChI=1S/C22H28N2O8.C17H21N3O7.C16H18N2O6.C8H9NO3/c25-17-9-10-18(26)23(17)14-15-5-7-16(8-6-15)22(30)31-13-3-1-2-4-21(29)32-24-19(27)11-12-20(24)28;21-12(9-11-19-13(22)5-6-14(19)23)18-10-3-1-2-4-17(26)27-20-15(24)7-8-16(20)25;19-12-5-6-13(20)17(12)9-10-1-3-11(4-2-10)16(23)24-18-14(21)7-8-15(18)22;1-6(10)4-5-9-7(11)2-3-8(9)12/h9-10,15-16H,1-8,11-14H2;5-6H,1-4,7-11H2,(H,18,21);5-6,10-11H,1-4,7-9H2;2-3H,4-5H2,1H3. The Morgan fingerprint density at radius 3 is 1.07 bits per heavy atom. The van der Waals surface area contributed by atoms with Gasteiger partial charge in [-0.3, -0.25) is 101 Å². The van der Waals surface area contributed by atoms with Crippen molar-refractivity contribution < 1.29 is 115 Å². The first-order valence-electron chi connectivity index (χ1n) is 31.6. The maximum atomic E-state index is 12.3.